The SMILES string of the molecule is CC(=O)NCCC#Cc1ccc(C(N)=S)cc1. The zero-order valence-corrected chi connectivity index (χ0v) is 10.4. The van der Waals surface area contributed by atoms with E-state index in [1.807, 2.05) is 24.3 Å². The Morgan fingerprint density at radius 2 is 2.06 bits per heavy atom. The lowest BCUT2D eigenvalue weighted by Gasteiger charge is -1.97. The van der Waals surface area contributed by atoms with Gasteiger partial charge in [-0.1, -0.05) is 36.2 Å². The number of carbonyl (C=O) groups is 1. The molecule has 1 amide bonds. The summed E-state index contributed by atoms with van der Waals surface area (Å²) in [5, 5.41) is 2.68. The van der Waals surface area contributed by atoms with Crippen LogP contribution in [-0.4, -0.2) is 17.4 Å². The molecule has 3 nitrogen and oxygen atoms in total. The lowest BCUT2D eigenvalue weighted by molar-refractivity contribution is -0.118. The molecule has 0 aliphatic rings. The Bertz CT molecular complexity index is 468. The van der Waals surface area contributed by atoms with Crippen molar-refractivity contribution in [1.29, 1.82) is 0 Å². The molecule has 0 unspecified atom stereocenters. The monoisotopic (exact) mass is 246 g/mol. The van der Waals surface area contributed by atoms with Gasteiger partial charge in [0.2, 0.25) is 5.91 Å². The minimum absolute atomic E-state index is 0.0346. The molecule has 0 bridgehead atoms. The lowest BCUT2D eigenvalue weighted by atomic mass is 10.1. The van der Waals surface area contributed by atoms with E-state index >= 15 is 0 Å². The largest absolute Gasteiger partial charge is 0.389 e. The minimum atomic E-state index is -0.0346. The van der Waals surface area contributed by atoms with Crippen LogP contribution in [0.3, 0.4) is 0 Å². The molecule has 0 spiro atoms. The van der Waals surface area contributed by atoms with Gasteiger partial charge in [0, 0.05) is 31.0 Å². The summed E-state index contributed by atoms with van der Waals surface area (Å²) in [6, 6.07) is 7.44. The first-order valence-corrected chi connectivity index (χ1v) is 5.63. The predicted molar refractivity (Wildman–Crippen MR) is 72.5 cm³/mol. The third-order valence-electron chi connectivity index (χ3n) is 2.03. The highest BCUT2D eigenvalue weighted by molar-refractivity contribution is 7.80. The second-order valence-electron chi connectivity index (χ2n) is 3.48. The molecule has 0 aromatic heterocycles. The average Bonchev–Trinajstić information content (AvgIpc) is 2.29. The van der Waals surface area contributed by atoms with Crippen molar-refractivity contribution >= 4 is 23.1 Å². The van der Waals surface area contributed by atoms with Gasteiger partial charge in [-0.25, -0.2) is 0 Å². The quantitative estimate of drug-likeness (QED) is 0.478. The van der Waals surface area contributed by atoms with Crippen LogP contribution in [0.15, 0.2) is 24.3 Å². The standard InChI is InChI=1S/C13H14N2OS/c1-10(16)15-9-3-2-4-11-5-7-12(8-6-11)13(14)17/h5-8H,3,9H2,1H3,(H2,14,17)(H,15,16). The summed E-state index contributed by atoms with van der Waals surface area (Å²) in [5.74, 6) is 5.94. The summed E-state index contributed by atoms with van der Waals surface area (Å²) in [7, 11) is 0. The van der Waals surface area contributed by atoms with Crippen molar-refractivity contribution in [1.82, 2.24) is 5.32 Å². The number of benzene rings is 1. The van der Waals surface area contributed by atoms with Gasteiger partial charge in [0.05, 0.1) is 0 Å². The molecule has 3 N–H and O–H groups in total. The van der Waals surface area contributed by atoms with Crippen molar-refractivity contribution < 1.29 is 4.79 Å². The van der Waals surface area contributed by atoms with Crippen LogP contribution < -0.4 is 11.1 Å². The van der Waals surface area contributed by atoms with Gasteiger partial charge >= 0.3 is 0 Å². The third-order valence-corrected chi connectivity index (χ3v) is 2.26. The fourth-order valence-electron chi connectivity index (χ4n) is 1.18. The highest BCUT2D eigenvalue weighted by atomic mass is 32.1. The molecule has 0 heterocycles. The van der Waals surface area contributed by atoms with Gasteiger partial charge in [0.25, 0.3) is 0 Å². The van der Waals surface area contributed by atoms with E-state index in [-0.39, 0.29) is 5.91 Å². The maximum absolute atomic E-state index is 10.6. The molecule has 0 atom stereocenters. The van der Waals surface area contributed by atoms with Crippen LogP contribution in [0, 0.1) is 11.8 Å². The summed E-state index contributed by atoms with van der Waals surface area (Å²) in [5.41, 5.74) is 7.23. The summed E-state index contributed by atoms with van der Waals surface area (Å²) in [6.07, 6.45) is 0.636. The van der Waals surface area contributed by atoms with Crippen LogP contribution in [0.25, 0.3) is 0 Å². The molecule has 0 saturated heterocycles. The van der Waals surface area contributed by atoms with Crippen molar-refractivity contribution in [3.05, 3.63) is 35.4 Å². The molecule has 88 valence electrons. The molecule has 0 saturated carbocycles. The van der Waals surface area contributed by atoms with Gasteiger partial charge in [0.1, 0.15) is 4.99 Å². The van der Waals surface area contributed by atoms with E-state index in [0.29, 0.717) is 18.0 Å². The van der Waals surface area contributed by atoms with E-state index in [4.69, 9.17) is 18.0 Å². The predicted octanol–water partition coefficient (Wildman–Crippen LogP) is 1.20. The Hall–Kier alpha value is -1.86. The summed E-state index contributed by atoms with van der Waals surface area (Å²) >= 11 is 4.85. The van der Waals surface area contributed by atoms with E-state index in [1.54, 1.807) is 0 Å². The Balaban J connectivity index is 2.49. The fourth-order valence-corrected chi connectivity index (χ4v) is 1.32. The van der Waals surface area contributed by atoms with E-state index in [0.717, 1.165) is 11.1 Å². The smallest absolute Gasteiger partial charge is 0.216 e. The second-order valence-corrected chi connectivity index (χ2v) is 3.92. The molecule has 0 aliphatic carbocycles. The van der Waals surface area contributed by atoms with Crippen molar-refractivity contribution in [2.75, 3.05) is 6.54 Å². The maximum Gasteiger partial charge on any atom is 0.216 e. The lowest BCUT2D eigenvalue weighted by Crippen LogP contribution is -2.20. The molecule has 1 rings (SSSR count). The average molecular weight is 246 g/mol. The van der Waals surface area contributed by atoms with Gasteiger partial charge in [-0.3, -0.25) is 4.79 Å². The molecule has 0 radical (unpaired) electrons. The normalized spacial score (nSPS) is 9.00. The first-order valence-electron chi connectivity index (χ1n) is 5.23. The number of nitrogens with two attached hydrogens (primary N) is 1. The summed E-state index contributed by atoms with van der Waals surface area (Å²) in [4.78, 5) is 11.0. The number of carbonyl (C=O) groups excluding carboxylic acids is 1. The van der Waals surface area contributed by atoms with Crippen LogP contribution in [0.5, 0.6) is 0 Å². The van der Waals surface area contributed by atoms with Crippen LogP contribution in [-0.2, 0) is 4.79 Å². The van der Waals surface area contributed by atoms with Gasteiger partial charge in [-0.15, -0.1) is 0 Å². The Morgan fingerprint density at radius 1 is 1.41 bits per heavy atom. The number of nitrogens with one attached hydrogen (secondary N) is 1. The Labute approximate surface area is 106 Å². The van der Waals surface area contributed by atoms with Crippen molar-refractivity contribution in [3.8, 4) is 11.8 Å². The zero-order chi connectivity index (χ0) is 12.7. The molecule has 4 heteroatoms. The van der Waals surface area contributed by atoms with Crippen LogP contribution >= 0.6 is 12.2 Å². The number of thiocarbonyl (C=S) groups is 1. The first kappa shape index (κ1) is 13.2. The van der Waals surface area contributed by atoms with E-state index in [2.05, 4.69) is 17.2 Å². The molecule has 1 aromatic carbocycles. The van der Waals surface area contributed by atoms with E-state index < -0.39 is 0 Å². The van der Waals surface area contributed by atoms with E-state index in [1.165, 1.54) is 6.92 Å². The number of amides is 1. The van der Waals surface area contributed by atoms with Crippen LogP contribution in [0.2, 0.25) is 0 Å². The number of hydrogen-bond donors (Lipinski definition) is 2. The molecule has 1 aromatic rings. The Morgan fingerprint density at radius 3 is 2.59 bits per heavy atom. The van der Waals surface area contributed by atoms with Crippen LogP contribution in [0.4, 0.5) is 0 Å². The number of rotatable bonds is 3. The maximum atomic E-state index is 10.6. The summed E-state index contributed by atoms with van der Waals surface area (Å²) in [6.45, 7) is 2.06. The van der Waals surface area contributed by atoms with Gasteiger partial charge in [-0.2, -0.15) is 0 Å². The van der Waals surface area contributed by atoms with Gasteiger partial charge in [0.15, 0.2) is 0 Å². The topological polar surface area (TPSA) is 55.1 Å². The van der Waals surface area contributed by atoms with E-state index in [9.17, 15) is 4.79 Å². The minimum Gasteiger partial charge on any atom is -0.389 e. The summed E-state index contributed by atoms with van der Waals surface area (Å²) < 4.78 is 0. The van der Waals surface area contributed by atoms with Crippen molar-refractivity contribution in [2.45, 2.75) is 13.3 Å². The third kappa shape index (κ3) is 5.14. The molecule has 0 aliphatic heterocycles. The molecular weight excluding hydrogens is 232 g/mol. The molecule has 17 heavy (non-hydrogen) atoms. The van der Waals surface area contributed by atoms with Gasteiger partial charge < -0.3 is 11.1 Å². The molecule has 0 fully saturated rings. The first-order chi connectivity index (χ1) is 8.09. The Kier molecular flexibility index (Phi) is 5.18. The van der Waals surface area contributed by atoms with Gasteiger partial charge in [-0.05, 0) is 12.1 Å². The fraction of sp³-hybridized carbons (Fsp3) is 0.231. The van der Waals surface area contributed by atoms with Crippen molar-refractivity contribution in [2.24, 2.45) is 5.73 Å². The highest BCUT2D eigenvalue weighted by Gasteiger charge is 1.94. The zero-order valence-electron chi connectivity index (χ0n) is 9.62. The highest BCUT2D eigenvalue weighted by Crippen LogP contribution is 2.02. The molecular formula is C13H14N2OS. The van der Waals surface area contributed by atoms with Crippen molar-refractivity contribution in [3.63, 3.8) is 0 Å². The number of hydrogen-bond acceptors (Lipinski definition) is 2. The van der Waals surface area contributed by atoms with Crippen LogP contribution in [0.1, 0.15) is 24.5 Å². The second kappa shape index (κ2) is 6.66.